The van der Waals surface area contributed by atoms with E-state index in [1.807, 2.05) is 26.0 Å². The number of amides is 1. The van der Waals surface area contributed by atoms with Gasteiger partial charge >= 0.3 is 29.6 Å². The molecule has 1 aromatic heterocycles. The number of aliphatic carboxylic acids is 1. The van der Waals surface area contributed by atoms with Crippen molar-refractivity contribution in [2.45, 2.75) is 51.4 Å². The second-order valence-corrected chi connectivity index (χ2v) is 9.07. The summed E-state index contributed by atoms with van der Waals surface area (Å²) in [5.74, 6) is -1.73. The Balaban J connectivity index is 0.00000533. The minimum atomic E-state index is -1.44. The van der Waals surface area contributed by atoms with Crippen molar-refractivity contribution in [1.29, 1.82) is 0 Å². The fourth-order valence-corrected chi connectivity index (χ4v) is 3.84. The minimum Gasteiger partial charge on any atom is -0.550 e. The molecule has 10 nitrogen and oxygen atoms in total. The topological polar surface area (TPSA) is 146 Å². The zero-order valence-electron chi connectivity index (χ0n) is 22.4. The molecule has 0 fully saturated rings. The number of hydrogen-bond donors (Lipinski definition) is 3. The molecule has 0 aliphatic carbocycles. The maximum absolute atomic E-state index is 13.6. The molecule has 0 saturated carbocycles. The van der Waals surface area contributed by atoms with Crippen molar-refractivity contribution in [1.82, 2.24) is 15.1 Å². The molecular formula is C27H31FN3NaO7. The zero-order chi connectivity index (χ0) is 27.8. The standard InChI is InChI=1S/C27H32FN3O7.Na/c1-16(2)24-25(26(36)29-14-17-4-10-22(37-3)11-5-17)30-31(19-8-6-18(28)7-9-19)27(24)38-15-21(33)12-20(32)13-23(34)35;/h4-11,16,20-21,32-33H,12-15H2,1-3H3,(H,29,36)(H,34,35);/q;+1/p-1/t20-,21+;/m1./s1. The monoisotopic (exact) mass is 551 g/mol. The predicted molar refractivity (Wildman–Crippen MR) is 134 cm³/mol. The Hall–Kier alpha value is -2.96. The van der Waals surface area contributed by atoms with Gasteiger partial charge in [0.05, 0.1) is 25.0 Å². The van der Waals surface area contributed by atoms with Gasteiger partial charge in [-0.2, -0.15) is 5.10 Å². The molecule has 12 heteroatoms. The van der Waals surface area contributed by atoms with E-state index in [2.05, 4.69) is 10.4 Å². The molecule has 0 aliphatic heterocycles. The van der Waals surface area contributed by atoms with Crippen LogP contribution in [0, 0.1) is 5.82 Å². The number of carboxylic acid groups (broad SMARTS) is 1. The van der Waals surface area contributed by atoms with E-state index in [1.54, 1.807) is 19.2 Å². The molecular weight excluding hydrogens is 520 g/mol. The second-order valence-electron chi connectivity index (χ2n) is 9.07. The van der Waals surface area contributed by atoms with E-state index in [0.717, 1.165) is 5.56 Å². The van der Waals surface area contributed by atoms with Gasteiger partial charge in [0.25, 0.3) is 5.91 Å². The summed E-state index contributed by atoms with van der Waals surface area (Å²) >= 11 is 0. The average molecular weight is 552 g/mol. The van der Waals surface area contributed by atoms with Crippen LogP contribution in [0.25, 0.3) is 5.69 Å². The van der Waals surface area contributed by atoms with E-state index in [-0.39, 0.29) is 66.6 Å². The van der Waals surface area contributed by atoms with E-state index in [9.17, 15) is 29.3 Å². The number of hydrogen-bond acceptors (Lipinski definition) is 8. The number of ether oxygens (including phenoxy) is 2. The second kappa shape index (κ2) is 15.0. The molecule has 0 spiro atoms. The first-order chi connectivity index (χ1) is 18.1. The first kappa shape index (κ1) is 32.3. The Morgan fingerprint density at radius 3 is 2.28 bits per heavy atom. The van der Waals surface area contributed by atoms with Crippen molar-refractivity contribution in [2.75, 3.05) is 13.7 Å². The van der Waals surface area contributed by atoms with Gasteiger partial charge in [0, 0.05) is 30.9 Å². The largest absolute Gasteiger partial charge is 1.00 e. The van der Waals surface area contributed by atoms with E-state index in [1.165, 1.54) is 28.9 Å². The number of aromatic nitrogens is 2. The molecule has 3 N–H and O–H groups in total. The summed E-state index contributed by atoms with van der Waals surface area (Å²) in [6, 6.07) is 12.6. The van der Waals surface area contributed by atoms with Crippen molar-refractivity contribution in [3.63, 3.8) is 0 Å². The van der Waals surface area contributed by atoms with E-state index in [4.69, 9.17) is 9.47 Å². The predicted octanol–water partition coefficient (Wildman–Crippen LogP) is -1.29. The summed E-state index contributed by atoms with van der Waals surface area (Å²) in [7, 11) is 1.57. The van der Waals surface area contributed by atoms with Crippen LogP contribution in [0.2, 0.25) is 0 Å². The van der Waals surface area contributed by atoms with Crippen molar-refractivity contribution in [3.05, 3.63) is 71.2 Å². The molecule has 204 valence electrons. The molecule has 3 rings (SSSR count). The van der Waals surface area contributed by atoms with Crippen molar-refractivity contribution in [2.24, 2.45) is 0 Å². The quantitative estimate of drug-likeness (QED) is 0.223. The first-order valence-corrected chi connectivity index (χ1v) is 12.1. The van der Waals surface area contributed by atoms with Crippen LogP contribution in [-0.4, -0.2) is 57.8 Å². The van der Waals surface area contributed by atoms with Crippen molar-refractivity contribution in [3.8, 4) is 17.3 Å². The summed E-state index contributed by atoms with van der Waals surface area (Å²) in [6.45, 7) is 3.61. The molecule has 0 unspecified atom stereocenters. The Labute approximate surface area is 248 Å². The van der Waals surface area contributed by atoms with E-state index >= 15 is 0 Å². The summed E-state index contributed by atoms with van der Waals surface area (Å²) in [4.78, 5) is 23.9. The van der Waals surface area contributed by atoms with Gasteiger partial charge in [-0.25, -0.2) is 9.07 Å². The van der Waals surface area contributed by atoms with Gasteiger partial charge in [-0.05, 0) is 47.9 Å². The number of nitrogens with one attached hydrogen (secondary N) is 1. The van der Waals surface area contributed by atoms with Gasteiger partial charge in [-0.15, -0.1) is 0 Å². The fraction of sp³-hybridized carbons (Fsp3) is 0.370. The number of carbonyl (C=O) groups is 2. The van der Waals surface area contributed by atoms with Crippen LogP contribution >= 0.6 is 0 Å². The summed E-state index contributed by atoms with van der Waals surface area (Å²) in [5, 5.41) is 38.1. The van der Waals surface area contributed by atoms with Crippen LogP contribution in [0.4, 0.5) is 4.39 Å². The molecule has 1 heterocycles. The average Bonchev–Trinajstić information content (AvgIpc) is 3.26. The molecule has 2 aromatic carbocycles. The Bertz CT molecular complexity index is 1230. The number of benzene rings is 2. The van der Waals surface area contributed by atoms with Gasteiger partial charge in [-0.1, -0.05) is 26.0 Å². The molecule has 2 atom stereocenters. The van der Waals surface area contributed by atoms with Crippen LogP contribution in [0.3, 0.4) is 0 Å². The number of nitrogens with zero attached hydrogens (tertiary/aromatic N) is 2. The number of rotatable bonds is 13. The molecule has 39 heavy (non-hydrogen) atoms. The third-order valence-corrected chi connectivity index (χ3v) is 5.71. The third kappa shape index (κ3) is 9.04. The first-order valence-electron chi connectivity index (χ1n) is 12.1. The molecule has 0 radical (unpaired) electrons. The summed E-state index contributed by atoms with van der Waals surface area (Å²) < 4.78 is 26.0. The maximum atomic E-state index is 13.6. The number of methoxy groups -OCH3 is 1. The number of carboxylic acids is 1. The van der Waals surface area contributed by atoms with Crippen molar-refractivity contribution >= 4 is 11.9 Å². The Morgan fingerprint density at radius 2 is 1.72 bits per heavy atom. The SMILES string of the molecule is COc1ccc(CNC(=O)c2nn(-c3ccc(F)cc3)c(OC[C@@H](O)C[C@@H](O)CC(=O)[O-])c2C(C)C)cc1.[Na+]. The van der Waals surface area contributed by atoms with Gasteiger partial charge in [0.15, 0.2) is 5.69 Å². The third-order valence-electron chi connectivity index (χ3n) is 5.71. The zero-order valence-corrected chi connectivity index (χ0v) is 24.4. The Kier molecular flexibility index (Phi) is 12.4. The molecule has 0 bridgehead atoms. The number of aliphatic hydroxyl groups is 2. The van der Waals surface area contributed by atoms with Crippen LogP contribution in [0.5, 0.6) is 11.6 Å². The molecule has 0 saturated heterocycles. The van der Waals surface area contributed by atoms with Gasteiger partial charge < -0.3 is 34.9 Å². The van der Waals surface area contributed by atoms with Crippen LogP contribution < -0.4 is 49.5 Å². The van der Waals surface area contributed by atoms with E-state index in [0.29, 0.717) is 17.0 Å². The van der Waals surface area contributed by atoms with Crippen LogP contribution in [0.1, 0.15) is 54.2 Å². The summed E-state index contributed by atoms with van der Waals surface area (Å²) in [5.41, 5.74) is 1.82. The molecule has 3 aromatic rings. The minimum absolute atomic E-state index is 0. The normalized spacial score (nSPS) is 12.4. The summed E-state index contributed by atoms with van der Waals surface area (Å²) in [6.07, 6.45) is -3.41. The number of carbonyl (C=O) groups excluding carboxylic acids is 2. The smallest absolute Gasteiger partial charge is 0.550 e. The molecule has 1 amide bonds. The number of halogens is 1. The van der Waals surface area contributed by atoms with Crippen LogP contribution in [-0.2, 0) is 11.3 Å². The fourth-order valence-electron chi connectivity index (χ4n) is 3.84. The molecule has 0 aliphatic rings. The van der Waals surface area contributed by atoms with Crippen LogP contribution in [0.15, 0.2) is 48.5 Å². The van der Waals surface area contributed by atoms with E-state index < -0.39 is 36.3 Å². The van der Waals surface area contributed by atoms with Crippen molar-refractivity contribution < 1.29 is 68.3 Å². The van der Waals surface area contributed by atoms with Gasteiger partial charge in [0.2, 0.25) is 5.88 Å². The Morgan fingerprint density at radius 1 is 1.08 bits per heavy atom. The number of aliphatic hydroxyl groups excluding tert-OH is 2. The van der Waals surface area contributed by atoms with Gasteiger partial charge in [-0.3, -0.25) is 4.79 Å². The maximum Gasteiger partial charge on any atom is 1.00 e. The van der Waals surface area contributed by atoms with Gasteiger partial charge in [0.1, 0.15) is 18.2 Å².